The number of methoxy groups -OCH3 is 1. The molecule has 0 spiro atoms. The minimum Gasteiger partial charge on any atom is -0.493 e. The summed E-state index contributed by atoms with van der Waals surface area (Å²) >= 11 is 1.51. The van der Waals surface area contributed by atoms with Gasteiger partial charge in [-0.25, -0.2) is 9.97 Å². The number of thiazole rings is 1. The lowest BCUT2D eigenvalue weighted by molar-refractivity contribution is 0.102. The van der Waals surface area contributed by atoms with Gasteiger partial charge in [0, 0.05) is 23.7 Å². The third-order valence-electron chi connectivity index (χ3n) is 3.85. The van der Waals surface area contributed by atoms with Gasteiger partial charge in [-0.3, -0.25) is 4.79 Å². The summed E-state index contributed by atoms with van der Waals surface area (Å²) in [6.07, 6.45) is 1.68. The Morgan fingerprint density at radius 3 is 2.75 bits per heavy atom. The second kappa shape index (κ2) is 9.29. The second-order valence-corrected chi connectivity index (χ2v) is 7.09. The number of rotatable bonds is 8. The molecule has 2 heterocycles. The summed E-state index contributed by atoms with van der Waals surface area (Å²) in [6.45, 7) is 1.11. The Morgan fingerprint density at radius 1 is 1.18 bits per heavy atom. The monoisotopic (exact) mass is 398 g/mol. The van der Waals surface area contributed by atoms with Crippen molar-refractivity contribution in [1.29, 1.82) is 0 Å². The molecule has 146 valence electrons. The number of carbonyl (C=O) groups is 1. The van der Waals surface area contributed by atoms with E-state index in [4.69, 9.17) is 9.47 Å². The number of nitrogens with one attached hydrogen (secondary N) is 1. The Balaban J connectivity index is 1.69. The molecule has 0 aliphatic heterocycles. The van der Waals surface area contributed by atoms with E-state index in [1.54, 1.807) is 37.0 Å². The van der Waals surface area contributed by atoms with E-state index < -0.39 is 0 Å². The first-order valence-electron chi connectivity index (χ1n) is 8.64. The molecule has 0 aliphatic carbocycles. The number of hydrogen-bond acceptors (Lipinski definition) is 7. The van der Waals surface area contributed by atoms with Gasteiger partial charge in [0.25, 0.3) is 5.91 Å². The molecular formula is C20H22N4O3S. The summed E-state index contributed by atoms with van der Waals surface area (Å²) < 4.78 is 11.1. The zero-order valence-corrected chi connectivity index (χ0v) is 16.8. The number of benzene rings is 1. The predicted octanol–water partition coefficient (Wildman–Crippen LogP) is 3.44. The Kier molecular flexibility index (Phi) is 6.57. The Morgan fingerprint density at radius 2 is 2.04 bits per heavy atom. The standard InChI is InChI=1S/C20H22N4O3S/c1-24(2)10-14-6-7-21-19(8-14)23-20(25)15-4-5-17(18(9-15)26-3)27-11-16-12-28-13-22-16/h4-9,12-13H,10-11H2,1-3H3,(H,21,23,25). The molecule has 0 saturated heterocycles. The van der Waals surface area contributed by atoms with E-state index in [-0.39, 0.29) is 5.91 Å². The maximum atomic E-state index is 12.6. The highest BCUT2D eigenvalue weighted by Crippen LogP contribution is 2.29. The Hall–Kier alpha value is -2.97. The van der Waals surface area contributed by atoms with E-state index in [9.17, 15) is 4.79 Å². The number of aromatic nitrogens is 2. The highest BCUT2D eigenvalue weighted by Gasteiger charge is 2.13. The molecule has 1 aromatic carbocycles. The molecule has 8 heteroatoms. The van der Waals surface area contributed by atoms with Gasteiger partial charge in [-0.1, -0.05) is 0 Å². The average molecular weight is 398 g/mol. The van der Waals surface area contributed by atoms with Crippen molar-refractivity contribution in [3.63, 3.8) is 0 Å². The van der Waals surface area contributed by atoms with Gasteiger partial charge >= 0.3 is 0 Å². The van der Waals surface area contributed by atoms with Crippen LogP contribution in [0.5, 0.6) is 11.5 Å². The first kappa shape index (κ1) is 19.8. The molecule has 0 atom stereocenters. The van der Waals surface area contributed by atoms with Crippen molar-refractivity contribution in [2.45, 2.75) is 13.2 Å². The first-order valence-corrected chi connectivity index (χ1v) is 9.58. The van der Waals surface area contributed by atoms with Crippen LogP contribution in [0.1, 0.15) is 21.6 Å². The number of carbonyl (C=O) groups excluding carboxylic acids is 1. The highest BCUT2D eigenvalue weighted by atomic mass is 32.1. The third kappa shape index (κ3) is 5.28. The second-order valence-electron chi connectivity index (χ2n) is 6.38. The van der Waals surface area contributed by atoms with Crippen molar-refractivity contribution < 1.29 is 14.3 Å². The summed E-state index contributed by atoms with van der Waals surface area (Å²) in [7, 11) is 5.52. The van der Waals surface area contributed by atoms with Crippen molar-refractivity contribution >= 4 is 23.1 Å². The van der Waals surface area contributed by atoms with Gasteiger partial charge in [0.05, 0.1) is 18.3 Å². The lowest BCUT2D eigenvalue weighted by Gasteiger charge is -2.12. The molecule has 0 bridgehead atoms. The molecule has 0 aliphatic rings. The van der Waals surface area contributed by atoms with E-state index in [0.717, 1.165) is 17.8 Å². The maximum absolute atomic E-state index is 12.6. The highest BCUT2D eigenvalue weighted by molar-refractivity contribution is 7.07. The lowest BCUT2D eigenvalue weighted by Crippen LogP contribution is -2.15. The molecule has 7 nitrogen and oxygen atoms in total. The smallest absolute Gasteiger partial charge is 0.256 e. The molecule has 0 unspecified atom stereocenters. The molecule has 2 aromatic heterocycles. The molecule has 0 saturated carbocycles. The molecule has 3 aromatic rings. The topological polar surface area (TPSA) is 76.6 Å². The minimum atomic E-state index is -0.265. The van der Waals surface area contributed by atoms with Gasteiger partial charge < -0.3 is 19.7 Å². The van der Waals surface area contributed by atoms with Crippen molar-refractivity contribution in [1.82, 2.24) is 14.9 Å². The van der Waals surface area contributed by atoms with Gasteiger partial charge in [-0.15, -0.1) is 11.3 Å². The van der Waals surface area contributed by atoms with Crippen LogP contribution in [0, 0.1) is 0 Å². The number of amides is 1. The molecule has 28 heavy (non-hydrogen) atoms. The van der Waals surface area contributed by atoms with Gasteiger partial charge in [0.1, 0.15) is 12.4 Å². The van der Waals surface area contributed by atoms with Gasteiger partial charge in [0.15, 0.2) is 11.5 Å². The van der Waals surface area contributed by atoms with E-state index >= 15 is 0 Å². The van der Waals surface area contributed by atoms with E-state index in [1.807, 2.05) is 31.6 Å². The van der Waals surface area contributed by atoms with E-state index in [2.05, 4.69) is 20.2 Å². The normalized spacial score (nSPS) is 10.7. The van der Waals surface area contributed by atoms with Crippen molar-refractivity contribution in [2.24, 2.45) is 0 Å². The molecular weight excluding hydrogens is 376 g/mol. The fraction of sp³-hybridized carbons (Fsp3) is 0.250. The van der Waals surface area contributed by atoms with Crippen molar-refractivity contribution in [2.75, 3.05) is 26.5 Å². The van der Waals surface area contributed by atoms with Crippen LogP contribution in [-0.4, -0.2) is 42.0 Å². The summed E-state index contributed by atoms with van der Waals surface area (Å²) in [5.41, 5.74) is 4.12. The minimum absolute atomic E-state index is 0.265. The number of anilines is 1. The molecule has 0 radical (unpaired) electrons. The van der Waals surface area contributed by atoms with Crippen LogP contribution in [0.3, 0.4) is 0 Å². The van der Waals surface area contributed by atoms with Crippen LogP contribution >= 0.6 is 11.3 Å². The number of hydrogen-bond donors (Lipinski definition) is 1. The largest absolute Gasteiger partial charge is 0.493 e. The van der Waals surface area contributed by atoms with E-state index in [0.29, 0.717) is 29.5 Å². The SMILES string of the molecule is COc1cc(C(=O)Nc2cc(CN(C)C)ccn2)ccc1OCc1cscn1. The number of pyridine rings is 1. The van der Waals surface area contributed by atoms with Crippen LogP contribution in [0.25, 0.3) is 0 Å². The maximum Gasteiger partial charge on any atom is 0.256 e. The average Bonchev–Trinajstić information content (AvgIpc) is 3.19. The third-order valence-corrected chi connectivity index (χ3v) is 4.48. The molecule has 1 N–H and O–H groups in total. The number of nitrogens with zero attached hydrogens (tertiary/aromatic N) is 3. The first-order chi connectivity index (χ1) is 13.5. The van der Waals surface area contributed by atoms with E-state index in [1.165, 1.54) is 11.3 Å². The summed E-state index contributed by atoms with van der Waals surface area (Å²) in [6, 6.07) is 8.84. The van der Waals surface area contributed by atoms with Crippen LogP contribution in [0.4, 0.5) is 5.82 Å². The molecule has 1 amide bonds. The zero-order valence-electron chi connectivity index (χ0n) is 16.0. The quantitative estimate of drug-likeness (QED) is 0.626. The van der Waals surface area contributed by atoms with Crippen LogP contribution in [0.15, 0.2) is 47.4 Å². The zero-order chi connectivity index (χ0) is 19.9. The Labute approximate surface area is 168 Å². The van der Waals surface area contributed by atoms with Gasteiger partial charge in [0.2, 0.25) is 0 Å². The van der Waals surface area contributed by atoms with Crippen LogP contribution < -0.4 is 14.8 Å². The summed E-state index contributed by atoms with van der Waals surface area (Å²) in [4.78, 5) is 23.1. The predicted molar refractivity (Wildman–Crippen MR) is 109 cm³/mol. The lowest BCUT2D eigenvalue weighted by atomic mass is 10.2. The van der Waals surface area contributed by atoms with Crippen molar-refractivity contribution in [3.05, 3.63) is 64.2 Å². The molecule has 0 fully saturated rings. The fourth-order valence-corrected chi connectivity index (χ4v) is 3.13. The van der Waals surface area contributed by atoms with Crippen LogP contribution in [-0.2, 0) is 13.2 Å². The van der Waals surface area contributed by atoms with Crippen LogP contribution in [0.2, 0.25) is 0 Å². The summed E-state index contributed by atoms with van der Waals surface area (Å²) in [5.74, 6) is 1.28. The number of ether oxygens (including phenoxy) is 2. The molecule has 3 rings (SSSR count). The fourth-order valence-electron chi connectivity index (χ4n) is 2.58. The van der Waals surface area contributed by atoms with Gasteiger partial charge in [-0.05, 0) is 50.0 Å². The Bertz CT molecular complexity index is 929. The summed E-state index contributed by atoms with van der Waals surface area (Å²) in [5, 5.41) is 4.75. The van der Waals surface area contributed by atoms with Gasteiger partial charge in [-0.2, -0.15) is 0 Å². The van der Waals surface area contributed by atoms with Crippen molar-refractivity contribution in [3.8, 4) is 11.5 Å².